The molecule has 0 bridgehead atoms. The van der Waals surface area contributed by atoms with E-state index in [2.05, 4.69) is 10.4 Å². The predicted octanol–water partition coefficient (Wildman–Crippen LogP) is 4.27. The lowest BCUT2D eigenvalue weighted by Crippen LogP contribution is -2.33. The molecule has 0 saturated carbocycles. The van der Waals surface area contributed by atoms with Crippen LogP contribution in [0.5, 0.6) is 0 Å². The smallest absolute Gasteiger partial charge is 0.324 e. The van der Waals surface area contributed by atoms with E-state index in [1.54, 1.807) is 0 Å². The fourth-order valence-electron chi connectivity index (χ4n) is 2.58. The average Bonchev–Trinajstić information content (AvgIpc) is 2.68. The highest BCUT2D eigenvalue weighted by Gasteiger charge is 2.30. The fourth-order valence-corrected chi connectivity index (χ4v) is 2.58. The molecule has 0 fully saturated rings. The van der Waals surface area contributed by atoms with E-state index in [1.807, 2.05) is 0 Å². The second-order valence-electron chi connectivity index (χ2n) is 6.25. The van der Waals surface area contributed by atoms with Crippen molar-refractivity contribution < 1.29 is 22.4 Å². The Balaban J connectivity index is 1.81. The number of amides is 1. The summed E-state index contributed by atoms with van der Waals surface area (Å²) in [4.78, 5) is 24.6. The van der Waals surface area contributed by atoms with Crippen LogP contribution in [0.15, 0.2) is 65.5 Å². The van der Waals surface area contributed by atoms with Gasteiger partial charge in [0.05, 0.1) is 11.3 Å². The lowest BCUT2D eigenvalue weighted by Gasteiger charge is -2.15. The Hall–Kier alpha value is -3.49. The number of alkyl halides is 3. The van der Waals surface area contributed by atoms with Crippen LogP contribution in [-0.4, -0.2) is 15.7 Å². The van der Waals surface area contributed by atoms with Crippen LogP contribution in [0.25, 0.3) is 11.3 Å². The summed E-state index contributed by atoms with van der Waals surface area (Å²) in [6, 6.07) is 11.0. The zero-order valence-electron chi connectivity index (χ0n) is 15.1. The maximum Gasteiger partial charge on any atom is 0.416 e. The molecule has 0 radical (unpaired) electrons. The highest BCUT2D eigenvalue weighted by atomic mass is 19.4. The fraction of sp³-hybridized carbons (Fsp3) is 0.150. The van der Waals surface area contributed by atoms with Gasteiger partial charge in [-0.05, 0) is 61.5 Å². The largest absolute Gasteiger partial charge is 0.416 e. The number of anilines is 1. The highest BCUT2D eigenvalue weighted by molar-refractivity contribution is 5.93. The molecule has 3 aromatic rings. The Labute approximate surface area is 162 Å². The molecule has 3 rings (SSSR count). The predicted molar refractivity (Wildman–Crippen MR) is 98.7 cm³/mol. The summed E-state index contributed by atoms with van der Waals surface area (Å²) in [5.41, 5.74) is -0.314. The van der Waals surface area contributed by atoms with Gasteiger partial charge in [0, 0.05) is 17.3 Å². The van der Waals surface area contributed by atoms with Gasteiger partial charge in [-0.2, -0.15) is 18.3 Å². The summed E-state index contributed by atoms with van der Waals surface area (Å²) in [7, 11) is 0. The Morgan fingerprint density at radius 1 is 1.00 bits per heavy atom. The van der Waals surface area contributed by atoms with Gasteiger partial charge in [0.25, 0.3) is 5.56 Å². The first-order valence-corrected chi connectivity index (χ1v) is 8.49. The number of nitrogens with one attached hydrogen (secondary N) is 1. The second kappa shape index (κ2) is 7.86. The molecule has 1 aromatic heterocycles. The first-order chi connectivity index (χ1) is 13.6. The van der Waals surface area contributed by atoms with Gasteiger partial charge >= 0.3 is 6.18 Å². The van der Waals surface area contributed by atoms with Crippen molar-refractivity contribution in [3.8, 4) is 11.3 Å². The number of carbonyl (C=O) groups excluding carboxylic acids is 1. The van der Waals surface area contributed by atoms with E-state index in [0.29, 0.717) is 11.3 Å². The molecule has 1 unspecified atom stereocenters. The molecule has 150 valence electrons. The van der Waals surface area contributed by atoms with Gasteiger partial charge in [-0.1, -0.05) is 0 Å². The molecule has 0 aliphatic carbocycles. The molecule has 1 heterocycles. The van der Waals surface area contributed by atoms with Crippen LogP contribution in [0.3, 0.4) is 0 Å². The van der Waals surface area contributed by atoms with Crippen molar-refractivity contribution in [1.82, 2.24) is 9.78 Å². The number of nitrogens with zero attached hydrogens (tertiary/aromatic N) is 2. The number of rotatable bonds is 4. The molecule has 2 aromatic carbocycles. The molecule has 9 heteroatoms. The first kappa shape index (κ1) is 20.2. The number of carbonyl (C=O) groups is 1. The summed E-state index contributed by atoms with van der Waals surface area (Å²) in [6.07, 6.45) is -4.48. The molecule has 1 atom stereocenters. The molecule has 0 aliphatic heterocycles. The van der Waals surface area contributed by atoms with Gasteiger partial charge in [0.1, 0.15) is 11.9 Å². The van der Waals surface area contributed by atoms with E-state index in [0.717, 1.165) is 28.9 Å². The Kier molecular flexibility index (Phi) is 5.49. The summed E-state index contributed by atoms with van der Waals surface area (Å²) in [6.45, 7) is 1.43. The molecule has 0 saturated heterocycles. The topological polar surface area (TPSA) is 64.0 Å². The minimum absolute atomic E-state index is 0.151. The van der Waals surface area contributed by atoms with Crippen LogP contribution in [0.4, 0.5) is 23.2 Å². The summed E-state index contributed by atoms with van der Waals surface area (Å²) in [5, 5.41) is 6.61. The number of aromatic nitrogens is 2. The lowest BCUT2D eigenvalue weighted by molar-refractivity contribution is -0.137. The standard InChI is InChI=1S/C20H15F4N3O2/c1-12(19(29)25-16-8-4-14(5-9-16)20(22,23)24)27-18(28)11-10-17(26-27)13-2-6-15(21)7-3-13/h2-12H,1H3,(H,25,29). The minimum Gasteiger partial charge on any atom is -0.324 e. The molecule has 1 amide bonds. The van der Waals surface area contributed by atoms with Crippen LogP contribution in [0.1, 0.15) is 18.5 Å². The zero-order chi connectivity index (χ0) is 21.2. The van der Waals surface area contributed by atoms with Crippen LogP contribution in [0.2, 0.25) is 0 Å². The minimum atomic E-state index is -4.48. The van der Waals surface area contributed by atoms with E-state index < -0.39 is 35.1 Å². The SMILES string of the molecule is CC(C(=O)Nc1ccc(C(F)(F)F)cc1)n1nc(-c2ccc(F)cc2)ccc1=O. The van der Waals surface area contributed by atoms with E-state index in [4.69, 9.17) is 0 Å². The molecule has 0 aliphatic rings. The van der Waals surface area contributed by atoms with Gasteiger partial charge in [0.15, 0.2) is 0 Å². The van der Waals surface area contributed by atoms with E-state index in [9.17, 15) is 27.2 Å². The number of halogens is 4. The Morgan fingerprint density at radius 2 is 1.62 bits per heavy atom. The van der Waals surface area contributed by atoms with Crippen molar-refractivity contribution in [3.63, 3.8) is 0 Å². The molecule has 0 spiro atoms. The van der Waals surface area contributed by atoms with Gasteiger partial charge in [-0.15, -0.1) is 0 Å². The monoisotopic (exact) mass is 405 g/mol. The van der Waals surface area contributed by atoms with Gasteiger partial charge < -0.3 is 5.32 Å². The van der Waals surface area contributed by atoms with Crippen molar-refractivity contribution in [3.05, 3.63) is 82.4 Å². The maximum absolute atomic E-state index is 13.1. The van der Waals surface area contributed by atoms with Gasteiger partial charge in [-0.3, -0.25) is 9.59 Å². The van der Waals surface area contributed by atoms with Gasteiger partial charge in [-0.25, -0.2) is 9.07 Å². The van der Waals surface area contributed by atoms with Crippen molar-refractivity contribution in [2.75, 3.05) is 5.32 Å². The highest BCUT2D eigenvalue weighted by Crippen LogP contribution is 2.30. The molecule has 1 N–H and O–H groups in total. The number of hydrogen-bond acceptors (Lipinski definition) is 3. The van der Waals surface area contributed by atoms with E-state index >= 15 is 0 Å². The summed E-state index contributed by atoms with van der Waals surface area (Å²) in [5.74, 6) is -1.05. The zero-order valence-corrected chi connectivity index (χ0v) is 15.1. The molecule has 5 nitrogen and oxygen atoms in total. The van der Waals surface area contributed by atoms with Crippen molar-refractivity contribution in [2.24, 2.45) is 0 Å². The van der Waals surface area contributed by atoms with Crippen LogP contribution >= 0.6 is 0 Å². The number of benzene rings is 2. The van der Waals surface area contributed by atoms with Crippen LogP contribution in [0, 0.1) is 5.82 Å². The molecular weight excluding hydrogens is 390 g/mol. The number of hydrogen-bond donors (Lipinski definition) is 1. The van der Waals surface area contributed by atoms with E-state index in [-0.39, 0.29) is 5.69 Å². The third-order valence-electron chi connectivity index (χ3n) is 4.19. The summed E-state index contributed by atoms with van der Waals surface area (Å²) >= 11 is 0. The third kappa shape index (κ3) is 4.68. The maximum atomic E-state index is 13.1. The van der Waals surface area contributed by atoms with Crippen LogP contribution in [-0.2, 0) is 11.0 Å². The van der Waals surface area contributed by atoms with Gasteiger partial charge in [0.2, 0.25) is 5.91 Å². The summed E-state index contributed by atoms with van der Waals surface area (Å²) < 4.78 is 51.9. The quantitative estimate of drug-likeness (QED) is 0.660. The van der Waals surface area contributed by atoms with Crippen LogP contribution < -0.4 is 10.9 Å². The van der Waals surface area contributed by atoms with E-state index in [1.165, 1.54) is 43.3 Å². The second-order valence-corrected chi connectivity index (χ2v) is 6.25. The molecule has 29 heavy (non-hydrogen) atoms. The van der Waals surface area contributed by atoms with Crippen molar-refractivity contribution in [2.45, 2.75) is 19.1 Å². The van der Waals surface area contributed by atoms with Crippen molar-refractivity contribution in [1.29, 1.82) is 0 Å². The lowest BCUT2D eigenvalue weighted by atomic mass is 10.1. The average molecular weight is 405 g/mol. The molecular formula is C20H15F4N3O2. The Morgan fingerprint density at radius 3 is 2.21 bits per heavy atom. The van der Waals surface area contributed by atoms with Crippen molar-refractivity contribution >= 4 is 11.6 Å². The normalized spacial score (nSPS) is 12.4. The first-order valence-electron chi connectivity index (χ1n) is 8.49. The third-order valence-corrected chi connectivity index (χ3v) is 4.19. The Bertz CT molecular complexity index is 1070.